The molecule has 3 rings (SSSR count). The van der Waals surface area contributed by atoms with Crippen molar-refractivity contribution in [2.24, 2.45) is 7.05 Å². The molecule has 3 aromatic rings. The molecule has 0 aliphatic carbocycles. The lowest BCUT2D eigenvalue weighted by Gasteiger charge is -2.08. The number of nitrogens with one attached hydrogen (secondary N) is 2. The smallest absolute Gasteiger partial charge is 0.274 e. The van der Waals surface area contributed by atoms with Gasteiger partial charge in [-0.1, -0.05) is 12.1 Å². The Balaban J connectivity index is 1.86. The van der Waals surface area contributed by atoms with Crippen molar-refractivity contribution in [3.05, 3.63) is 70.0 Å². The zero-order chi connectivity index (χ0) is 15.7. The van der Waals surface area contributed by atoms with E-state index in [4.69, 9.17) is 0 Å². The van der Waals surface area contributed by atoms with Crippen LogP contribution in [0.4, 0.5) is 4.39 Å². The molecule has 1 aromatic carbocycles. The van der Waals surface area contributed by atoms with Gasteiger partial charge in [-0.3, -0.25) is 9.59 Å². The van der Waals surface area contributed by atoms with E-state index in [1.807, 2.05) is 0 Å². The fraction of sp³-hybridized carbons (Fsp3) is 0.125. The Morgan fingerprint density at radius 3 is 2.73 bits per heavy atom. The Morgan fingerprint density at radius 1 is 1.27 bits per heavy atom. The first-order valence-electron chi connectivity index (χ1n) is 6.75. The maximum absolute atomic E-state index is 12.8. The summed E-state index contributed by atoms with van der Waals surface area (Å²) in [6, 6.07) is 7.62. The van der Waals surface area contributed by atoms with E-state index in [9.17, 15) is 14.0 Å². The molecular formula is C16H14FN3O2. The number of fused-ring (bicyclic) bond motifs is 1. The number of aromatic amines is 1. The van der Waals surface area contributed by atoms with Crippen molar-refractivity contribution in [3.8, 4) is 0 Å². The molecule has 1 amide bonds. The van der Waals surface area contributed by atoms with Crippen molar-refractivity contribution < 1.29 is 9.18 Å². The highest BCUT2D eigenvalue weighted by Gasteiger charge is 2.14. The molecule has 0 bridgehead atoms. The number of hydrogen-bond acceptors (Lipinski definition) is 2. The third kappa shape index (κ3) is 2.50. The van der Waals surface area contributed by atoms with E-state index >= 15 is 0 Å². The minimum absolute atomic E-state index is 0.185. The Morgan fingerprint density at radius 2 is 2.00 bits per heavy atom. The van der Waals surface area contributed by atoms with Crippen LogP contribution >= 0.6 is 0 Å². The normalized spacial score (nSPS) is 10.8. The number of benzene rings is 1. The third-order valence-electron chi connectivity index (χ3n) is 3.51. The van der Waals surface area contributed by atoms with Gasteiger partial charge in [0.05, 0.1) is 5.56 Å². The van der Waals surface area contributed by atoms with Crippen LogP contribution in [-0.4, -0.2) is 15.5 Å². The van der Waals surface area contributed by atoms with Gasteiger partial charge in [-0.15, -0.1) is 0 Å². The predicted octanol–water partition coefficient (Wildman–Crippen LogP) is 1.94. The van der Waals surface area contributed by atoms with Gasteiger partial charge in [-0.2, -0.15) is 0 Å². The molecule has 0 radical (unpaired) electrons. The van der Waals surface area contributed by atoms with Crippen LogP contribution in [0.3, 0.4) is 0 Å². The van der Waals surface area contributed by atoms with Crippen molar-refractivity contribution >= 4 is 16.8 Å². The number of aryl methyl sites for hydroxylation is 1. The SMILES string of the molecule is Cn1cc(C(=O)NCc2ccc(F)cc2)c2cc[nH]c2c1=O. The van der Waals surface area contributed by atoms with E-state index in [-0.39, 0.29) is 23.8 Å². The fourth-order valence-electron chi connectivity index (χ4n) is 2.33. The minimum atomic E-state index is -0.317. The summed E-state index contributed by atoms with van der Waals surface area (Å²) in [5.74, 6) is -0.605. The van der Waals surface area contributed by atoms with Gasteiger partial charge in [0.25, 0.3) is 11.5 Å². The number of H-pyrrole nitrogens is 1. The van der Waals surface area contributed by atoms with Crippen LogP contribution in [0.1, 0.15) is 15.9 Å². The number of aromatic nitrogens is 2. The van der Waals surface area contributed by atoms with Gasteiger partial charge in [0.1, 0.15) is 11.3 Å². The molecule has 22 heavy (non-hydrogen) atoms. The third-order valence-corrected chi connectivity index (χ3v) is 3.51. The maximum atomic E-state index is 12.8. The molecule has 0 unspecified atom stereocenters. The zero-order valence-corrected chi connectivity index (χ0v) is 11.9. The summed E-state index contributed by atoms with van der Waals surface area (Å²) in [4.78, 5) is 27.1. The quantitative estimate of drug-likeness (QED) is 0.776. The van der Waals surface area contributed by atoms with Crippen LogP contribution in [0.25, 0.3) is 10.9 Å². The summed E-state index contributed by atoms with van der Waals surface area (Å²) in [7, 11) is 1.60. The van der Waals surface area contributed by atoms with Crippen molar-refractivity contribution in [1.82, 2.24) is 14.9 Å². The Bertz CT molecular complexity index is 894. The summed E-state index contributed by atoms with van der Waals surface area (Å²) in [6.07, 6.45) is 3.14. The predicted molar refractivity (Wildman–Crippen MR) is 81.1 cm³/mol. The number of halogens is 1. The van der Waals surface area contributed by atoms with Crippen LogP contribution in [0, 0.1) is 5.82 Å². The molecule has 2 N–H and O–H groups in total. The minimum Gasteiger partial charge on any atom is -0.357 e. The van der Waals surface area contributed by atoms with E-state index in [2.05, 4.69) is 10.3 Å². The second-order valence-electron chi connectivity index (χ2n) is 5.03. The zero-order valence-electron chi connectivity index (χ0n) is 11.9. The molecule has 0 aliphatic rings. The molecule has 0 atom stereocenters. The summed E-state index contributed by atoms with van der Waals surface area (Å²) in [5.41, 5.74) is 1.43. The highest BCUT2D eigenvalue weighted by Crippen LogP contribution is 2.14. The van der Waals surface area contributed by atoms with E-state index in [1.165, 1.54) is 22.9 Å². The number of carbonyl (C=O) groups is 1. The first-order chi connectivity index (χ1) is 10.6. The number of hydrogen-bond donors (Lipinski definition) is 2. The molecule has 112 valence electrons. The van der Waals surface area contributed by atoms with Crippen molar-refractivity contribution in [2.45, 2.75) is 6.54 Å². The van der Waals surface area contributed by atoms with Crippen LogP contribution in [0.5, 0.6) is 0 Å². The lowest BCUT2D eigenvalue weighted by molar-refractivity contribution is 0.0952. The highest BCUT2D eigenvalue weighted by atomic mass is 19.1. The van der Waals surface area contributed by atoms with E-state index in [0.29, 0.717) is 16.5 Å². The Kier molecular flexibility index (Phi) is 3.50. The Labute approximate surface area is 125 Å². The summed E-state index contributed by atoms with van der Waals surface area (Å²) in [5, 5.41) is 3.36. The average molecular weight is 299 g/mol. The van der Waals surface area contributed by atoms with Gasteiger partial charge in [0.15, 0.2) is 0 Å². The number of amides is 1. The van der Waals surface area contributed by atoms with E-state index < -0.39 is 0 Å². The molecule has 2 aromatic heterocycles. The molecule has 0 saturated carbocycles. The van der Waals surface area contributed by atoms with Crippen LogP contribution in [0.15, 0.2) is 47.5 Å². The summed E-state index contributed by atoms with van der Waals surface area (Å²) >= 11 is 0. The van der Waals surface area contributed by atoms with Gasteiger partial charge in [0.2, 0.25) is 0 Å². The maximum Gasteiger partial charge on any atom is 0.274 e. The second kappa shape index (κ2) is 5.48. The van der Waals surface area contributed by atoms with Gasteiger partial charge in [-0.05, 0) is 23.8 Å². The molecule has 0 fully saturated rings. The first-order valence-corrected chi connectivity index (χ1v) is 6.75. The lowest BCUT2D eigenvalue weighted by atomic mass is 10.1. The number of rotatable bonds is 3. The molecule has 2 heterocycles. The summed E-state index contributed by atoms with van der Waals surface area (Å²) < 4.78 is 14.2. The topological polar surface area (TPSA) is 66.9 Å². The standard InChI is InChI=1S/C16H14FN3O2/c1-20-9-13(12-6-7-18-14(12)16(20)22)15(21)19-8-10-2-4-11(17)5-3-10/h2-7,9,18H,8H2,1H3,(H,19,21). The number of nitrogens with zero attached hydrogens (tertiary/aromatic N) is 1. The lowest BCUT2D eigenvalue weighted by Crippen LogP contribution is -2.26. The number of carbonyl (C=O) groups excluding carboxylic acids is 1. The molecular weight excluding hydrogens is 285 g/mol. The van der Waals surface area contributed by atoms with E-state index in [0.717, 1.165) is 5.56 Å². The molecule has 0 aliphatic heterocycles. The van der Waals surface area contributed by atoms with Gasteiger partial charge >= 0.3 is 0 Å². The largest absolute Gasteiger partial charge is 0.357 e. The fourth-order valence-corrected chi connectivity index (χ4v) is 2.33. The Hall–Kier alpha value is -2.89. The monoisotopic (exact) mass is 299 g/mol. The molecule has 6 heteroatoms. The van der Waals surface area contributed by atoms with Crippen LogP contribution < -0.4 is 10.9 Å². The average Bonchev–Trinajstić information content (AvgIpc) is 3.00. The van der Waals surface area contributed by atoms with Gasteiger partial charge < -0.3 is 14.9 Å². The van der Waals surface area contributed by atoms with Gasteiger partial charge in [0, 0.05) is 31.4 Å². The van der Waals surface area contributed by atoms with E-state index in [1.54, 1.807) is 31.4 Å². The molecule has 0 saturated heterocycles. The van der Waals surface area contributed by atoms with Crippen LogP contribution in [-0.2, 0) is 13.6 Å². The number of pyridine rings is 1. The van der Waals surface area contributed by atoms with Crippen LogP contribution in [0.2, 0.25) is 0 Å². The van der Waals surface area contributed by atoms with Crippen molar-refractivity contribution in [2.75, 3.05) is 0 Å². The van der Waals surface area contributed by atoms with Gasteiger partial charge in [-0.25, -0.2) is 4.39 Å². The van der Waals surface area contributed by atoms with Crippen molar-refractivity contribution in [3.63, 3.8) is 0 Å². The second-order valence-corrected chi connectivity index (χ2v) is 5.03. The molecule has 0 spiro atoms. The summed E-state index contributed by atoms with van der Waals surface area (Å²) in [6.45, 7) is 0.286. The van der Waals surface area contributed by atoms with Crippen molar-refractivity contribution in [1.29, 1.82) is 0 Å². The molecule has 5 nitrogen and oxygen atoms in total. The highest BCUT2D eigenvalue weighted by molar-refractivity contribution is 6.05. The first kappa shape index (κ1) is 14.1.